The van der Waals surface area contributed by atoms with Gasteiger partial charge in [0.05, 0.1) is 11.3 Å². The van der Waals surface area contributed by atoms with Crippen LogP contribution in [0.4, 0.5) is 5.82 Å². The molecule has 0 amide bonds. The van der Waals surface area contributed by atoms with Gasteiger partial charge in [-0.1, -0.05) is 60.7 Å². The van der Waals surface area contributed by atoms with Gasteiger partial charge in [-0.3, -0.25) is 9.89 Å². The topological polar surface area (TPSA) is 76.2 Å². The molecule has 0 radical (unpaired) electrons. The maximum absolute atomic E-state index is 12.4. The second-order valence-electron chi connectivity index (χ2n) is 5.27. The number of fused-ring (bicyclic) bond motifs is 1. The Kier molecular flexibility index (Phi) is 2.98. The molecule has 0 atom stereocenters. The van der Waals surface area contributed by atoms with Gasteiger partial charge in [-0.25, -0.2) is 4.98 Å². The van der Waals surface area contributed by atoms with Crippen molar-refractivity contribution in [2.75, 3.05) is 5.73 Å². The predicted molar refractivity (Wildman–Crippen MR) is 91.1 cm³/mol. The summed E-state index contributed by atoms with van der Waals surface area (Å²) < 4.78 is 1.38. The highest BCUT2D eigenvalue weighted by Gasteiger charge is 2.15. The van der Waals surface area contributed by atoms with Gasteiger partial charge in [-0.05, 0) is 5.56 Å². The molecule has 5 heteroatoms. The van der Waals surface area contributed by atoms with E-state index in [2.05, 4.69) is 10.1 Å². The highest BCUT2D eigenvalue weighted by molar-refractivity contribution is 5.86. The van der Waals surface area contributed by atoms with Crippen LogP contribution in [0.1, 0.15) is 0 Å². The monoisotopic (exact) mass is 302 g/mol. The van der Waals surface area contributed by atoms with Gasteiger partial charge in [0.25, 0.3) is 5.56 Å². The summed E-state index contributed by atoms with van der Waals surface area (Å²) >= 11 is 0. The van der Waals surface area contributed by atoms with Gasteiger partial charge in [0, 0.05) is 11.6 Å². The standard InChI is InChI=1S/C18H14N4O/c19-17-16(13-9-5-2-6-10-13)18-20-14(11-15(23)22(18)21-17)12-7-3-1-4-8-12/h1-11,21H,19H2. The minimum atomic E-state index is -0.192. The maximum Gasteiger partial charge on any atom is 0.273 e. The third-order valence-corrected chi connectivity index (χ3v) is 3.78. The van der Waals surface area contributed by atoms with Crippen LogP contribution in [-0.2, 0) is 0 Å². The number of aromatic nitrogens is 3. The van der Waals surface area contributed by atoms with E-state index in [1.54, 1.807) is 0 Å². The van der Waals surface area contributed by atoms with Crippen molar-refractivity contribution in [3.05, 3.63) is 77.1 Å². The van der Waals surface area contributed by atoms with Crippen molar-refractivity contribution in [1.82, 2.24) is 14.6 Å². The van der Waals surface area contributed by atoms with E-state index in [4.69, 9.17) is 5.73 Å². The molecule has 3 N–H and O–H groups in total. The molecule has 4 rings (SSSR count). The molecule has 2 aromatic carbocycles. The molecule has 0 aliphatic carbocycles. The molecular weight excluding hydrogens is 288 g/mol. The Hall–Kier alpha value is -3.34. The first kappa shape index (κ1) is 13.3. The Morgan fingerprint density at radius 2 is 1.52 bits per heavy atom. The molecule has 0 saturated carbocycles. The molecule has 112 valence electrons. The molecule has 0 saturated heterocycles. The van der Waals surface area contributed by atoms with Gasteiger partial charge in [0.15, 0.2) is 5.65 Å². The highest BCUT2D eigenvalue weighted by Crippen LogP contribution is 2.29. The summed E-state index contributed by atoms with van der Waals surface area (Å²) in [5, 5.41) is 2.89. The van der Waals surface area contributed by atoms with Gasteiger partial charge in [0.2, 0.25) is 0 Å². The number of aromatic amines is 1. The number of nitrogens with zero attached hydrogens (tertiary/aromatic N) is 2. The zero-order chi connectivity index (χ0) is 15.8. The maximum atomic E-state index is 12.4. The molecule has 5 nitrogen and oxygen atoms in total. The van der Waals surface area contributed by atoms with Crippen molar-refractivity contribution in [1.29, 1.82) is 0 Å². The summed E-state index contributed by atoms with van der Waals surface area (Å²) in [5.74, 6) is 0.422. The predicted octanol–water partition coefficient (Wildman–Crippen LogP) is 2.94. The Morgan fingerprint density at radius 3 is 2.17 bits per heavy atom. The minimum Gasteiger partial charge on any atom is -0.384 e. The van der Waals surface area contributed by atoms with Crippen LogP contribution in [0.5, 0.6) is 0 Å². The van der Waals surface area contributed by atoms with Crippen LogP contribution >= 0.6 is 0 Å². The first-order valence-corrected chi connectivity index (χ1v) is 7.26. The average molecular weight is 302 g/mol. The van der Waals surface area contributed by atoms with Gasteiger partial charge < -0.3 is 5.73 Å². The Morgan fingerprint density at radius 1 is 0.913 bits per heavy atom. The summed E-state index contributed by atoms with van der Waals surface area (Å²) in [6, 6.07) is 20.8. The fraction of sp³-hybridized carbons (Fsp3) is 0. The number of nitrogen functional groups attached to an aromatic ring is 1. The van der Waals surface area contributed by atoms with E-state index in [0.29, 0.717) is 17.2 Å². The van der Waals surface area contributed by atoms with Crippen molar-refractivity contribution < 1.29 is 0 Å². The van der Waals surface area contributed by atoms with Gasteiger partial charge >= 0.3 is 0 Å². The van der Waals surface area contributed by atoms with Crippen LogP contribution in [0.15, 0.2) is 71.5 Å². The van der Waals surface area contributed by atoms with Crippen molar-refractivity contribution in [3.8, 4) is 22.4 Å². The summed E-state index contributed by atoms with van der Waals surface area (Å²) in [4.78, 5) is 17.1. The number of benzene rings is 2. The van der Waals surface area contributed by atoms with E-state index in [9.17, 15) is 4.79 Å². The van der Waals surface area contributed by atoms with Gasteiger partial charge in [-0.15, -0.1) is 0 Å². The van der Waals surface area contributed by atoms with Gasteiger partial charge in [0.1, 0.15) is 5.82 Å². The van der Waals surface area contributed by atoms with Gasteiger partial charge in [-0.2, -0.15) is 4.52 Å². The molecule has 0 bridgehead atoms. The van der Waals surface area contributed by atoms with Crippen LogP contribution in [0.25, 0.3) is 28.0 Å². The average Bonchev–Trinajstić information content (AvgIpc) is 2.93. The van der Waals surface area contributed by atoms with E-state index in [0.717, 1.165) is 16.7 Å². The van der Waals surface area contributed by atoms with Crippen molar-refractivity contribution in [2.24, 2.45) is 0 Å². The number of anilines is 1. The smallest absolute Gasteiger partial charge is 0.273 e. The van der Waals surface area contributed by atoms with Crippen molar-refractivity contribution in [2.45, 2.75) is 0 Å². The van der Waals surface area contributed by atoms with E-state index < -0.39 is 0 Å². The molecule has 0 aliphatic heterocycles. The number of H-pyrrole nitrogens is 1. The quantitative estimate of drug-likeness (QED) is 0.597. The number of hydrogen-bond donors (Lipinski definition) is 2. The van der Waals surface area contributed by atoms with Crippen LogP contribution in [-0.4, -0.2) is 14.6 Å². The summed E-state index contributed by atoms with van der Waals surface area (Å²) in [5.41, 5.74) is 9.60. The lowest BCUT2D eigenvalue weighted by Gasteiger charge is -2.03. The summed E-state index contributed by atoms with van der Waals surface area (Å²) in [7, 11) is 0. The van der Waals surface area contributed by atoms with E-state index in [1.165, 1.54) is 10.6 Å². The number of nitrogens with one attached hydrogen (secondary N) is 1. The zero-order valence-corrected chi connectivity index (χ0v) is 12.2. The van der Waals surface area contributed by atoms with Crippen LogP contribution < -0.4 is 11.3 Å². The lowest BCUT2D eigenvalue weighted by atomic mass is 10.1. The first-order chi connectivity index (χ1) is 11.2. The normalized spacial score (nSPS) is 11.0. The zero-order valence-electron chi connectivity index (χ0n) is 12.2. The second-order valence-corrected chi connectivity index (χ2v) is 5.27. The van der Waals surface area contributed by atoms with Crippen LogP contribution in [0.3, 0.4) is 0 Å². The molecule has 0 fully saturated rings. The number of nitrogens with two attached hydrogens (primary N) is 1. The molecule has 0 spiro atoms. The SMILES string of the molecule is Nc1[nH]n2c(=O)cc(-c3ccccc3)nc2c1-c1ccccc1. The summed E-state index contributed by atoms with van der Waals surface area (Å²) in [6.07, 6.45) is 0. The Labute approximate surface area is 132 Å². The van der Waals surface area contributed by atoms with Crippen LogP contribution in [0, 0.1) is 0 Å². The largest absolute Gasteiger partial charge is 0.384 e. The van der Waals surface area contributed by atoms with E-state index in [1.807, 2.05) is 60.7 Å². The summed E-state index contributed by atoms with van der Waals surface area (Å²) in [6.45, 7) is 0. The molecule has 4 aromatic rings. The third-order valence-electron chi connectivity index (χ3n) is 3.78. The molecule has 2 aromatic heterocycles. The fourth-order valence-corrected chi connectivity index (χ4v) is 2.70. The van der Waals surface area contributed by atoms with E-state index >= 15 is 0 Å². The lowest BCUT2D eigenvalue weighted by molar-refractivity contribution is 0.906. The molecule has 23 heavy (non-hydrogen) atoms. The molecule has 0 aliphatic rings. The number of hydrogen-bond acceptors (Lipinski definition) is 3. The third kappa shape index (κ3) is 2.19. The number of rotatable bonds is 2. The molecular formula is C18H14N4O. The van der Waals surface area contributed by atoms with Crippen molar-refractivity contribution >= 4 is 11.5 Å². The first-order valence-electron chi connectivity index (χ1n) is 7.26. The fourth-order valence-electron chi connectivity index (χ4n) is 2.70. The molecule has 0 unspecified atom stereocenters. The van der Waals surface area contributed by atoms with Crippen LogP contribution in [0.2, 0.25) is 0 Å². The lowest BCUT2D eigenvalue weighted by Crippen LogP contribution is -2.14. The van der Waals surface area contributed by atoms with Crippen molar-refractivity contribution in [3.63, 3.8) is 0 Å². The molecule has 2 heterocycles. The minimum absolute atomic E-state index is 0.192. The Bertz CT molecular complexity index is 1030. The second kappa shape index (κ2) is 5.14. The Balaban J connectivity index is 2.04. The highest BCUT2D eigenvalue weighted by atomic mass is 16.1. The van der Waals surface area contributed by atoms with E-state index in [-0.39, 0.29) is 5.56 Å².